The summed E-state index contributed by atoms with van der Waals surface area (Å²) in [4.78, 5) is 3.79. The van der Waals surface area contributed by atoms with Gasteiger partial charge in [0.25, 0.3) is 5.71 Å². The molecule has 0 radical (unpaired) electrons. The summed E-state index contributed by atoms with van der Waals surface area (Å²) in [5.74, 6) is 1.35. The SMILES string of the molecule is [N-]=[N+]=C1CCCCCCCCC1C1CCCCCCCCC1. The van der Waals surface area contributed by atoms with Gasteiger partial charge in [-0.3, -0.25) is 0 Å². The average Bonchev–Trinajstić information content (AvgIpc) is 2.56. The molecule has 2 saturated carbocycles. The highest BCUT2D eigenvalue weighted by molar-refractivity contribution is 5.81. The Kier molecular flexibility index (Phi) is 8.86. The van der Waals surface area contributed by atoms with Gasteiger partial charge in [-0.1, -0.05) is 77.0 Å². The molecule has 1 unspecified atom stereocenters. The van der Waals surface area contributed by atoms with E-state index in [0.29, 0.717) is 5.92 Å². The number of rotatable bonds is 1. The van der Waals surface area contributed by atoms with Gasteiger partial charge in [0.15, 0.2) is 0 Å². The number of hydrogen-bond donors (Lipinski definition) is 0. The van der Waals surface area contributed by atoms with Crippen LogP contribution in [0.2, 0.25) is 0 Å². The molecule has 0 aromatic heterocycles. The summed E-state index contributed by atoms with van der Waals surface area (Å²) in [6.45, 7) is 0. The number of hydrogen-bond acceptors (Lipinski definition) is 0. The summed E-state index contributed by atoms with van der Waals surface area (Å²) >= 11 is 0. The van der Waals surface area contributed by atoms with E-state index in [1.807, 2.05) is 0 Å². The first-order chi connectivity index (χ1) is 10.9. The fourth-order valence-electron chi connectivity index (χ4n) is 4.61. The summed E-state index contributed by atoms with van der Waals surface area (Å²) in [6, 6.07) is 0. The van der Waals surface area contributed by atoms with Crippen molar-refractivity contribution >= 4 is 5.71 Å². The van der Waals surface area contributed by atoms with E-state index in [1.165, 1.54) is 103 Å². The molecular formula is C20H36N2. The van der Waals surface area contributed by atoms with Crippen molar-refractivity contribution in [2.75, 3.05) is 0 Å². The molecule has 2 fully saturated rings. The van der Waals surface area contributed by atoms with Crippen LogP contribution in [0, 0.1) is 11.8 Å². The van der Waals surface area contributed by atoms with E-state index in [4.69, 9.17) is 0 Å². The molecule has 0 amide bonds. The van der Waals surface area contributed by atoms with Gasteiger partial charge < -0.3 is 5.53 Å². The maximum atomic E-state index is 9.59. The van der Waals surface area contributed by atoms with Crippen LogP contribution < -0.4 is 0 Å². The third-order valence-electron chi connectivity index (χ3n) is 5.97. The second kappa shape index (κ2) is 11.0. The lowest BCUT2D eigenvalue weighted by Gasteiger charge is -2.26. The minimum absolute atomic E-state index is 0.572. The third-order valence-corrected chi connectivity index (χ3v) is 5.97. The van der Waals surface area contributed by atoms with Crippen LogP contribution in [0.5, 0.6) is 0 Å². The Morgan fingerprint density at radius 2 is 1.05 bits per heavy atom. The molecular weight excluding hydrogens is 268 g/mol. The molecule has 22 heavy (non-hydrogen) atoms. The summed E-state index contributed by atoms with van der Waals surface area (Å²) in [6.07, 6.45) is 23.0. The van der Waals surface area contributed by atoms with Crippen molar-refractivity contribution in [2.45, 2.75) is 109 Å². The Bertz CT molecular complexity index is 334. The molecule has 1 atom stereocenters. The second-order valence-electron chi connectivity index (χ2n) is 7.67. The number of nitrogens with zero attached hydrogens (tertiary/aromatic N) is 2. The molecule has 0 aromatic carbocycles. The molecule has 2 nitrogen and oxygen atoms in total. The molecule has 0 aromatic rings. The molecule has 0 bridgehead atoms. The van der Waals surface area contributed by atoms with Crippen molar-refractivity contribution in [3.63, 3.8) is 0 Å². The zero-order valence-electron chi connectivity index (χ0n) is 14.6. The average molecular weight is 305 g/mol. The van der Waals surface area contributed by atoms with Gasteiger partial charge in [-0.25, -0.2) is 0 Å². The highest BCUT2D eigenvalue weighted by atomic mass is 14.9. The van der Waals surface area contributed by atoms with E-state index in [1.54, 1.807) is 0 Å². The molecule has 2 aliphatic rings. The van der Waals surface area contributed by atoms with Gasteiger partial charge in [-0.05, 0) is 31.6 Å². The molecule has 0 spiro atoms. The second-order valence-corrected chi connectivity index (χ2v) is 7.67. The van der Waals surface area contributed by atoms with E-state index < -0.39 is 0 Å². The fourth-order valence-corrected chi connectivity index (χ4v) is 4.61. The Balaban J connectivity index is 2.01. The maximum Gasteiger partial charge on any atom is 0.272 e. The molecule has 2 heteroatoms. The lowest BCUT2D eigenvalue weighted by molar-refractivity contribution is -0.0205. The summed E-state index contributed by atoms with van der Waals surface area (Å²) in [7, 11) is 0. The molecule has 0 aliphatic heterocycles. The predicted molar refractivity (Wildman–Crippen MR) is 94.1 cm³/mol. The van der Waals surface area contributed by atoms with Gasteiger partial charge in [0.2, 0.25) is 0 Å². The minimum Gasteiger partial charge on any atom is -0.362 e. The van der Waals surface area contributed by atoms with Gasteiger partial charge in [0.1, 0.15) is 0 Å². The van der Waals surface area contributed by atoms with Crippen LogP contribution in [0.1, 0.15) is 109 Å². The third kappa shape index (κ3) is 6.24. The zero-order chi connectivity index (χ0) is 15.5. The van der Waals surface area contributed by atoms with E-state index in [-0.39, 0.29) is 0 Å². The van der Waals surface area contributed by atoms with Crippen LogP contribution in [0.25, 0.3) is 5.53 Å². The first kappa shape index (κ1) is 17.7. The van der Waals surface area contributed by atoms with Gasteiger partial charge in [0, 0.05) is 6.42 Å². The van der Waals surface area contributed by atoms with E-state index >= 15 is 0 Å². The van der Waals surface area contributed by atoms with Crippen molar-refractivity contribution in [3.05, 3.63) is 5.53 Å². The largest absolute Gasteiger partial charge is 0.362 e. The standard InChI is InChI=1S/C20H36N2/c21-22-20-17-13-9-5-4-8-12-16-19(20)18-14-10-6-2-1-3-7-11-15-18/h18-19H,1-17H2. The van der Waals surface area contributed by atoms with Crippen LogP contribution in [0.4, 0.5) is 0 Å². The molecule has 0 N–H and O–H groups in total. The molecule has 2 rings (SSSR count). The van der Waals surface area contributed by atoms with E-state index in [0.717, 1.165) is 18.1 Å². The van der Waals surface area contributed by atoms with Crippen molar-refractivity contribution in [1.82, 2.24) is 0 Å². The highest BCUT2D eigenvalue weighted by Crippen LogP contribution is 2.33. The lowest BCUT2D eigenvalue weighted by Crippen LogP contribution is -2.26. The van der Waals surface area contributed by atoms with E-state index in [2.05, 4.69) is 4.79 Å². The highest BCUT2D eigenvalue weighted by Gasteiger charge is 2.31. The van der Waals surface area contributed by atoms with Gasteiger partial charge in [-0.15, -0.1) is 0 Å². The molecule has 0 saturated heterocycles. The quantitative estimate of drug-likeness (QED) is 0.389. The van der Waals surface area contributed by atoms with Crippen LogP contribution in [-0.4, -0.2) is 10.5 Å². The molecule has 126 valence electrons. The molecule has 0 heterocycles. The van der Waals surface area contributed by atoms with Crippen LogP contribution in [0.15, 0.2) is 0 Å². The summed E-state index contributed by atoms with van der Waals surface area (Å²) < 4.78 is 0. The monoisotopic (exact) mass is 304 g/mol. The smallest absolute Gasteiger partial charge is 0.272 e. The summed E-state index contributed by atoms with van der Waals surface area (Å²) in [5, 5.41) is 0. The predicted octanol–water partition coefficient (Wildman–Crippen LogP) is 6.55. The topological polar surface area (TPSA) is 36.4 Å². The maximum absolute atomic E-state index is 9.59. The van der Waals surface area contributed by atoms with Crippen molar-refractivity contribution < 1.29 is 4.79 Å². The Morgan fingerprint density at radius 3 is 1.59 bits per heavy atom. The van der Waals surface area contributed by atoms with Crippen molar-refractivity contribution in [1.29, 1.82) is 0 Å². The Morgan fingerprint density at radius 1 is 0.591 bits per heavy atom. The Hall–Kier alpha value is -0.620. The van der Waals surface area contributed by atoms with Crippen LogP contribution >= 0.6 is 0 Å². The minimum atomic E-state index is 0.572. The van der Waals surface area contributed by atoms with Gasteiger partial charge in [-0.2, -0.15) is 4.79 Å². The normalized spacial score (nSPS) is 27.8. The first-order valence-electron chi connectivity index (χ1n) is 10.1. The molecule has 2 aliphatic carbocycles. The lowest BCUT2D eigenvalue weighted by atomic mass is 9.76. The van der Waals surface area contributed by atoms with Crippen LogP contribution in [-0.2, 0) is 0 Å². The zero-order valence-corrected chi connectivity index (χ0v) is 14.6. The Labute approximate surface area is 137 Å². The fraction of sp³-hybridized carbons (Fsp3) is 0.950. The van der Waals surface area contributed by atoms with Gasteiger partial charge in [0.05, 0.1) is 5.92 Å². The van der Waals surface area contributed by atoms with E-state index in [9.17, 15) is 5.53 Å². The first-order valence-corrected chi connectivity index (χ1v) is 10.1. The van der Waals surface area contributed by atoms with Crippen molar-refractivity contribution in [3.8, 4) is 0 Å². The van der Waals surface area contributed by atoms with Crippen LogP contribution in [0.3, 0.4) is 0 Å². The van der Waals surface area contributed by atoms with Crippen molar-refractivity contribution in [2.24, 2.45) is 11.8 Å². The summed E-state index contributed by atoms with van der Waals surface area (Å²) in [5.41, 5.74) is 10.7. The van der Waals surface area contributed by atoms with Gasteiger partial charge >= 0.3 is 0 Å².